The molecule has 0 spiro atoms. The number of imide groups is 1. The molecule has 0 aliphatic carbocycles. The molecule has 2 aromatic heterocycles. The van der Waals surface area contributed by atoms with Crippen LogP contribution in [0.25, 0.3) is 11.5 Å². The van der Waals surface area contributed by atoms with E-state index in [2.05, 4.69) is 47.2 Å². The number of carbonyl (C=O) groups is 5. The first-order valence-electron chi connectivity index (χ1n) is 22.0. The Kier molecular flexibility index (Phi) is 17.8. The molecule has 66 heavy (non-hydrogen) atoms. The Morgan fingerprint density at radius 2 is 1.68 bits per heavy atom. The lowest BCUT2D eigenvalue weighted by atomic mass is 10.0. The summed E-state index contributed by atoms with van der Waals surface area (Å²) < 4.78 is 19.1. The summed E-state index contributed by atoms with van der Waals surface area (Å²) in [6.45, 7) is 4.42. The van der Waals surface area contributed by atoms with Gasteiger partial charge in [-0.2, -0.15) is 0 Å². The van der Waals surface area contributed by atoms with Crippen molar-refractivity contribution in [2.45, 2.75) is 70.6 Å². The van der Waals surface area contributed by atoms with Crippen molar-refractivity contribution >= 4 is 40.9 Å². The third-order valence-electron chi connectivity index (χ3n) is 10.9. The van der Waals surface area contributed by atoms with Crippen LogP contribution in [0.1, 0.15) is 89.2 Å². The molecule has 348 valence electrons. The minimum atomic E-state index is -0.728. The van der Waals surface area contributed by atoms with Crippen molar-refractivity contribution in [3.63, 3.8) is 0 Å². The number of fused-ring (bicyclic) bond motifs is 1. The van der Waals surface area contributed by atoms with E-state index in [1.165, 1.54) is 18.3 Å². The Balaban J connectivity index is 0.00000355. The number of hydrogen-bond donors (Lipinski definition) is 5. The minimum Gasteiger partial charge on any atom is -0.494 e. The highest BCUT2D eigenvalue weighted by molar-refractivity contribution is 6.07. The van der Waals surface area contributed by atoms with E-state index in [-0.39, 0.29) is 55.7 Å². The minimum absolute atomic E-state index is 0.151. The Morgan fingerprint density at radius 3 is 2.47 bits per heavy atom. The third-order valence-corrected chi connectivity index (χ3v) is 10.9. The van der Waals surface area contributed by atoms with Crippen molar-refractivity contribution < 1.29 is 38.2 Å². The van der Waals surface area contributed by atoms with Gasteiger partial charge >= 0.3 is 0 Å². The van der Waals surface area contributed by atoms with Gasteiger partial charge in [-0.05, 0) is 100 Å². The largest absolute Gasteiger partial charge is 0.494 e. The number of piperidine rings is 1. The molecule has 2 aliphatic heterocycles. The second-order valence-corrected chi connectivity index (χ2v) is 15.5. The van der Waals surface area contributed by atoms with E-state index < -0.39 is 11.9 Å². The highest BCUT2D eigenvalue weighted by atomic mass is 16.5. The van der Waals surface area contributed by atoms with Gasteiger partial charge in [0.25, 0.3) is 11.8 Å². The maximum atomic E-state index is 13.2. The Hall–Kier alpha value is -7.09. The van der Waals surface area contributed by atoms with Gasteiger partial charge < -0.3 is 45.4 Å². The molecule has 0 radical (unpaired) electrons. The number of nitrogens with one attached hydrogen (secondary N) is 4. The number of nitrogens with two attached hydrogens (primary N) is 1. The second-order valence-electron chi connectivity index (χ2n) is 15.5. The zero-order valence-electron chi connectivity index (χ0n) is 37.5. The summed E-state index contributed by atoms with van der Waals surface area (Å²) in [6.07, 6.45) is 6.91. The lowest BCUT2D eigenvalue weighted by molar-refractivity contribution is -0.137. The first-order chi connectivity index (χ1) is 32.1. The fourth-order valence-electron chi connectivity index (χ4n) is 7.42. The van der Waals surface area contributed by atoms with E-state index in [1.807, 2.05) is 61.0 Å². The lowest BCUT2D eigenvalue weighted by Crippen LogP contribution is -2.52. The van der Waals surface area contributed by atoms with Crippen LogP contribution >= 0.6 is 0 Å². The predicted molar refractivity (Wildman–Crippen MR) is 245 cm³/mol. The summed E-state index contributed by atoms with van der Waals surface area (Å²) in [6, 6.07) is 20.9. The van der Waals surface area contributed by atoms with Crippen molar-refractivity contribution in [1.29, 1.82) is 0 Å². The average Bonchev–Trinajstić information content (AvgIpc) is 3.88. The van der Waals surface area contributed by atoms with Crippen molar-refractivity contribution in [2.75, 3.05) is 50.7 Å². The molecule has 6 N–H and O–H groups in total. The molecule has 1 saturated heterocycles. The van der Waals surface area contributed by atoms with Crippen LogP contribution in [0, 0.1) is 0 Å². The third kappa shape index (κ3) is 13.0. The zero-order valence-corrected chi connectivity index (χ0v) is 37.5. The first-order valence-corrected chi connectivity index (χ1v) is 22.0. The Bertz CT molecular complexity index is 2430. The molecule has 4 heterocycles. The average molecular weight is 904 g/mol. The van der Waals surface area contributed by atoms with Crippen molar-refractivity contribution in [1.82, 2.24) is 40.3 Å². The lowest BCUT2D eigenvalue weighted by Gasteiger charge is -2.29. The number of ether oxygens (including phenoxy) is 3. The molecule has 19 heteroatoms. The van der Waals surface area contributed by atoms with E-state index >= 15 is 0 Å². The smallest absolute Gasteiger partial charge is 0.255 e. The summed E-state index contributed by atoms with van der Waals surface area (Å²) in [4.78, 5) is 72.4. The molecule has 2 atom stereocenters. The van der Waals surface area contributed by atoms with E-state index in [0.29, 0.717) is 79.1 Å². The van der Waals surface area contributed by atoms with Gasteiger partial charge in [-0.1, -0.05) is 24.3 Å². The van der Waals surface area contributed by atoms with Crippen molar-refractivity contribution in [3.8, 4) is 17.3 Å². The summed E-state index contributed by atoms with van der Waals surface area (Å²) in [5, 5.41) is 20.1. The predicted octanol–water partition coefficient (Wildman–Crippen LogP) is 4.32. The van der Waals surface area contributed by atoms with Gasteiger partial charge in [0.05, 0.1) is 19.2 Å². The molecule has 1 fully saturated rings. The SMILES string of the molecule is CC(NC(=O)c1cccc(NCc2nnc(-c3ccncn3)n2C)c1)c1ccc(OCCCCCOCCCOCC(=O)Nc2cccc3c2CN(C2CCC(=O)NC2=O)C3=O)cc1.CN. The summed E-state index contributed by atoms with van der Waals surface area (Å²) in [5.74, 6) is 0.450. The first kappa shape index (κ1) is 48.4. The molecule has 3 aromatic carbocycles. The molecule has 2 unspecified atom stereocenters. The van der Waals surface area contributed by atoms with E-state index in [9.17, 15) is 24.0 Å². The van der Waals surface area contributed by atoms with Crippen LogP contribution in [0.2, 0.25) is 0 Å². The quantitative estimate of drug-likeness (QED) is 0.0480. The molecule has 0 saturated carbocycles. The fourth-order valence-corrected chi connectivity index (χ4v) is 7.42. The number of nitrogens with zero attached hydrogens (tertiary/aromatic N) is 6. The van der Waals surface area contributed by atoms with Crippen LogP contribution in [-0.2, 0) is 44.0 Å². The number of rotatable bonds is 22. The number of aromatic nitrogens is 5. The molecule has 7 rings (SSSR count). The van der Waals surface area contributed by atoms with E-state index in [1.54, 1.807) is 36.5 Å². The summed E-state index contributed by atoms with van der Waals surface area (Å²) >= 11 is 0. The molecule has 0 bridgehead atoms. The molecule has 19 nitrogen and oxygen atoms in total. The van der Waals surface area contributed by atoms with Crippen LogP contribution in [0.15, 0.2) is 85.3 Å². The number of hydrogen-bond acceptors (Lipinski definition) is 14. The van der Waals surface area contributed by atoms with Crippen molar-refractivity contribution in [3.05, 3.63) is 113 Å². The Morgan fingerprint density at radius 1 is 0.909 bits per heavy atom. The van der Waals surface area contributed by atoms with Gasteiger partial charge in [0.1, 0.15) is 30.4 Å². The topological polar surface area (TPSA) is 247 Å². The van der Waals surface area contributed by atoms with E-state index in [0.717, 1.165) is 36.3 Å². The number of anilines is 2. The Labute approximate surface area is 383 Å². The van der Waals surface area contributed by atoms with E-state index in [4.69, 9.17) is 14.2 Å². The van der Waals surface area contributed by atoms with Crippen LogP contribution in [0.3, 0.4) is 0 Å². The van der Waals surface area contributed by atoms with Gasteiger partial charge in [0.2, 0.25) is 17.7 Å². The van der Waals surface area contributed by atoms with Crippen LogP contribution in [-0.4, -0.2) is 105 Å². The van der Waals surface area contributed by atoms with Gasteiger partial charge in [0.15, 0.2) is 11.6 Å². The number of amides is 5. The second kappa shape index (κ2) is 24.3. The molecule has 2 aliphatic rings. The number of carbonyl (C=O) groups excluding carboxylic acids is 5. The molecule has 5 aromatic rings. The molecular weight excluding hydrogens is 847 g/mol. The van der Waals surface area contributed by atoms with Crippen LogP contribution in [0.5, 0.6) is 5.75 Å². The number of benzene rings is 3. The zero-order chi connectivity index (χ0) is 46.8. The number of unbranched alkanes of at least 4 members (excludes halogenated alkanes) is 2. The summed E-state index contributed by atoms with van der Waals surface area (Å²) in [5.41, 5.74) is 9.01. The maximum absolute atomic E-state index is 13.2. The summed E-state index contributed by atoms with van der Waals surface area (Å²) in [7, 11) is 3.38. The van der Waals surface area contributed by atoms with Gasteiger partial charge in [-0.3, -0.25) is 29.3 Å². The van der Waals surface area contributed by atoms with Crippen molar-refractivity contribution in [2.24, 2.45) is 12.8 Å². The fraction of sp³-hybridized carbons (Fsp3) is 0.383. The van der Waals surface area contributed by atoms with Gasteiger partial charge in [0, 0.05) is 74.1 Å². The highest BCUT2D eigenvalue weighted by Gasteiger charge is 2.40. The highest BCUT2D eigenvalue weighted by Crippen LogP contribution is 2.32. The van der Waals surface area contributed by atoms with Crippen LogP contribution in [0.4, 0.5) is 11.4 Å². The monoisotopic (exact) mass is 903 g/mol. The molecular formula is C47H57N11O8. The normalized spacial score (nSPS) is 14.7. The standard InChI is InChI=1S/C46H52N10O8.CH5N/c1-30(50-44(59)32-9-6-10-33(25-32)48-26-40-53-54-43(55(40)2)38-19-20-47-29-49-38)31-13-15-34(16-14-31)64-24-5-3-4-21-62-22-8-23-63-28-42(58)51-37-12-7-11-35-36(37)27-56(46(35)61)39-17-18-41(57)52-45(39)60;1-2/h6-7,9-16,19-20,25,29-30,39,48H,3-5,8,17-18,21-24,26-28H2,1-2H3,(H,50,59)(H,51,58)(H,52,57,60);2H2,1H3. The van der Waals surface area contributed by atoms with Crippen LogP contribution < -0.4 is 31.7 Å². The molecule has 5 amide bonds. The van der Waals surface area contributed by atoms with Gasteiger partial charge in [-0.15, -0.1) is 10.2 Å². The van der Waals surface area contributed by atoms with Gasteiger partial charge in [-0.25, -0.2) is 9.97 Å². The maximum Gasteiger partial charge on any atom is 0.255 e.